The third kappa shape index (κ3) is 7.34. The zero-order chi connectivity index (χ0) is 22.9. The molecule has 166 valence electrons. The van der Waals surface area contributed by atoms with Gasteiger partial charge in [-0.25, -0.2) is 9.59 Å². The molecule has 0 fully saturated rings. The lowest BCUT2D eigenvalue weighted by atomic mass is 9.81. The number of carbonyl (C=O) groups excluding carboxylic acids is 1. The van der Waals surface area contributed by atoms with Crippen LogP contribution in [0.1, 0.15) is 25.5 Å². The van der Waals surface area contributed by atoms with Crippen molar-refractivity contribution >= 4 is 29.5 Å². The van der Waals surface area contributed by atoms with E-state index in [0.29, 0.717) is 17.0 Å². The first kappa shape index (κ1) is 24.3. The predicted molar refractivity (Wildman–Crippen MR) is 121 cm³/mol. The predicted octanol–water partition coefficient (Wildman–Crippen LogP) is 4.74. The molecule has 0 saturated carbocycles. The number of amides is 1. The van der Waals surface area contributed by atoms with Crippen LogP contribution < -0.4 is 10.1 Å². The standard InChI is InChI=1S/C23H27NO6S/c1-23(2,13-12-20(26)27)21(18-6-4-5-7-19(18)29-15-14-25)30-22(28)24-16-8-10-17(31-3)11-9-16/h4-13,21,25H,14-15H2,1-3H3,(H,24,28)(H,26,27)/b13-12+/t21-/m0/s1. The van der Waals surface area contributed by atoms with Crippen molar-refractivity contribution in [2.24, 2.45) is 5.41 Å². The Hall–Kier alpha value is -2.97. The van der Waals surface area contributed by atoms with Crippen LogP contribution in [0, 0.1) is 5.41 Å². The van der Waals surface area contributed by atoms with Gasteiger partial charge >= 0.3 is 12.1 Å². The molecule has 7 nitrogen and oxygen atoms in total. The number of para-hydroxylation sites is 1. The van der Waals surface area contributed by atoms with E-state index >= 15 is 0 Å². The fourth-order valence-electron chi connectivity index (χ4n) is 2.90. The second-order valence-corrected chi connectivity index (χ2v) is 8.12. The van der Waals surface area contributed by atoms with E-state index in [-0.39, 0.29) is 13.2 Å². The number of benzene rings is 2. The summed E-state index contributed by atoms with van der Waals surface area (Å²) in [6.45, 7) is 3.43. The molecule has 1 atom stereocenters. The first-order valence-corrected chi connectivity index (χ1v) is 10.9. The van der Waals surface area contributed by atoms with Gasteiger partial charge in [0.25, 0.3) is 0 Å². The number of carboxylic acids is 1. The highest BCUT2D eigenvalue weighted by molar-refractivity contribution is 7.98. The summed E-state index contributed by atoms with van der Waals surface area (Å²) in [6.07, 6.45) is 2.92. The number of carboxylic acid groups (broad SMARTS) is 1. The summed E-state index contributed by atoms with van der Waals surface area (Å²) < 4.78 is 11.4. The third-order valence-corrected chi connectivity index (χ3v) is 5.19. The highest BCUT2D eigenvalue weighted by atomic mass is 32.2. The van der Waals surface area contributed by atoms with E-state index in [9.17, 15) is 9.59 Å². The van der Waals surface area contributed by atoms with Crippen molar-refractivity contribution in [2.75, 3.05) is 24.8 Å². The zero-order valence-electron chi connectivity index (χ0n) is 17.7. The molecule has 0 heterocycles. The Morgan fingerprint density at radius 2 is 1.84 bits per heavy atom. The van der Waals surface area contributed by atoms with E-state index < -0.39 is 23.6 Å². The highest BCUT2D eigenvalue weighted by Crippen LogP contribution is 2.42. The minimum Gasteiger partial charge on any atom is -0.491 e. The number of aliphatic carboxylic acids is 1. The highest BCUT2D eigenvalue weighted by Gasteiger charge is 2.34. The van der Waals surface area contributed by atoms with Gasteiger partial charge in [-0.15, -0.1) is 11.8 Å². The molecule has 0 aliphatic heterocycles. The molecule has 0 unspecified atom stereocenters. The number of nitrogens with one attached hydrogen (secondary N) is 1. The van der Waals surface area contributed by atoms with Gasteiger partial charge in [0, 0.05) is 27.6 Å². The minimum atomic E-state index is -1.10. The molecule has 0 radical (unpaired) electrons. The van der Waals surface area contributed by atoms with E-state index in [2.05, 4.69) is 5.32 Å². The monoisotopic (exact) mass is 445 g/mol. The van der Waals surface area contributed by atoms with Crippen molar-refractivity contribution in [2.45, 2.75) is 24.8 Å². The Bertz CT molecular complexity index is 911. The summed E-state index contributed by atoms with van der Waals surface area (Å²) in [7, 11) is 0. The van der Waals surface area contributed by atoms with Crippen molar-refractivity contribution in [3.63, 3.8) is 0 Å². The maximum atomic E-state index is 12.7. The van der Waals surface area contributed by atoms with Crippen molar-refractivity contribution in [3.8, 4) is 5.75 Å². The van der Waals surface area contributed by atoms with E-state index in [1.807, 2.05) is 18.4 Å². The maximum absolute atomic E-state index is 12.7. The topological polar surface area (TPSA) is 105 Å². The van der Waals surface area contributed by atoms with Crippen LogP contribution >= 0.6 is 11.8 Å². The number of carbonyl (C=O) groups is 2. The maximum Gasteiger partial charge on any atom is 0.412 e. The van der Waals surface area contributed by atoms with Crippen LogP contribution in [-0.4, -0.2) is 41.7 Å². The lowest BCUT2D eigenvalue weighted by Crippen LogP contribution is -2.28. The Morgan fingerprint density at radius 3 is 2.45 bits per heavy atom. The third-order valence-electron chi connectivity index (χ3n) is 4.44. The fraction of sp³-hybridized carbons (Fsp3) is 0.304. The van der Waals surface area contributed by atoms with Crippen molar-refractivity contribution < 1.29 is 29.3 Å². The van der Waals surface area contributed by atoms with E-state index in [4.69, 9.17) is 19.7 Å². The van der Waals surface area contributed by atoms with Gasteiger partial charge in [-0.2, -0.15) is 0 Å². The van der Waals surface area contributed by atoms with Gasteiger partial charge in [-0.05, 0) is 36.6 Å². The van der Waals surface area contributed by atoms with Crippen LogP contribution in [0.4, 0.5) is 10.5 Å². The normalized spacial score (nSPS) is 12.4. The van der Waals surface area contributed by atoms with Crippen LogP contribution in [0.25, 0.3) is 0 Å². The van der Waals surface area contributed by atoms with Gasteiger partial charge in [0.2, 0.25) is 0 Å². The number of ether oxygens (including phenoxy) is 2. The first-order valence-electron chi connectivity index (χ1n) is 9.63. The Morgan fingerprint density at radius 1 is 1.16 bits per heavy atom. The second-order valence-electron chi connectivity index (χ2n) is 7.24. The smallest absolute Gasteiger partial charge is 0.412 e. The lowest BCUT2D eigenvalue weighted by Gasteiger charge is -2.32. The Balaban J connectivity index is 2.33. The molecule has 0 aliphatic carbocycles. The molecular formula is C23H27NO6S. The van der Waals surface area contributed by atoms with Gasteiger partial charge in [0.1, 0.15) is 18.5 Å². The number of aliphatic hydroxyl groups is 1. The number of rotatable bonds is 10. The van der Waals surface area contributed by atoms with Crippen LogP contribution in [0.2, 0.25) is 0 Å². The largest absolute Gasteiger partial charge is 0.491 e. The van der Waals surface area contributed by atoms with Crippen molar-refractivity contribution in [1.82, 2.24) is 0 Å². The van der Waals surface area contributed by atoms with Crippen LogP contribution in [0.3, 0.4) is 0 Å². The van der Waals surface area contributed by atoms with Crippen molar-refractivity contribution in [3.05, 3.63) is 66.2 Å². The van der Waals surface area contributed by atoms with Crippen LogP contribution in [0.15, 0.2) is 65.6 Å². The summed E-state index contributed by atoms with van der Waals surface area (Å²) in [4.78, 5) is 24.8. The lowest BCUT2D eigenvalue weighted by molar-refractivity contribution is -0.131. The Kier molecular flexibility index (Phi) is 8.96. The second kappa shape index (κ2) is 11.4. The fourth-order valence-corrected chi connectivity index (χ4v) is 3.31. The van der Waals surface area contributed by atoms with Gasteiger partial charge in [0.05, 0.1) is 6.61 Å². The summed E-state index contributed by atoms with van der Waals surface area (Å²) in [6, 6.07) is 14.3. The quantitative estimate of drug-likeness (QED) is 0.358. The molecular weight excluding hydrogens is 418 g/mol. The van der Waals surface area contributed by atoms with E-state index in [0.717, 1.165) is 11.0 Å². The molecule has 2 rings (SSSR count). The van der Waals surface area contributed by atoms with Gasteiger partial charge in [-0.1, -0.05) is 38.1 Å². The van der Waals surface area contributed by atoms with Gasteiger partial charge in [-0.3, -0.25) is 5.32 Å². The number of hydrogen-bond donors (Lipinski definition) is 3. The van der Waals surface area contributed by atoms with Crippen molar-refractivity contribution in [1.29, 1.82) is 0 Å². The number of anilines is 1. The zero-order valence-corrected chi connectivity index (χ0v) is 18.5. The minimum absolute atomic E-state index is 0.0725. The number of aliphatic hydroxyl groups excluding tert-OH is 1. The molecule has 2 aromatic carbocycles. The molecule has 0 saturated heterocycles. The molecule has 0 aliphatic rings. The van der Waals surface area contributed by atoms with Gasteiger partial charge in [0.15, 0.2) is 0 Å². The molecule has 0 spiro atoms. The molecule has 31 heavy (non-hydrogen) atoms. The molecule has 8 heteroatoms. The first-order chi connectivity index (χ1) is 14.8. The summed E-state index contributed by atoms with van der Waals surface area (Å²) in [5.41, 5.74) is 0.256. The molecule has 0 bridgehead atoms. The average Bonchev–Trinajstić information content (AvgIpc) is 2.75. The number of hydrogen-bond acceptors (Lipinski definition) is 6. The summed E-state index contributed by atoms with van der Waals surface area (Å²) in [5.74, 6) is -0.662. The van der Waals surface area contributed by atoms with Crippen LogP contribution in [0.5, 0.6) is 5.75 Å². The molecule has 0 aromatic heterocycles. The van der Waals surface area contributed by atoms with Gasteiger partial charge < -0.3 is 19.7 Å². The number of thioether (sulfide) groups is 1. The van der Waals surface area contributed by atoms with Crippen LogP contribution in [-0.2, 0) is 9.53 Å². The SMILES string of the molecule is CSc1ccc(NC(=O)O[C@@H](c2ccccc2OCCO)C(C)(C)/C=C/C(=O)O)cc1. The summed E-state index contributed by atoms with van der Waals surface area (Å²) in [5, 5.41) is 20.9. The molecule has 3 N–H and O–H groups in total. The Labute approximate surface area is 186 Å². The molecule has 2 aromatic rings. The average molecular weight is 446 g/mol. The van der Waals surface area contributed by atoms with E-state index in [1.165, 1.54) is 6.08 Å². The van der Waals surface area contributed by atoms with E-state index in [1.54, 1.807) is 62.0 Å². The molecule has 1 amide bonds. The summed E-state index contributed by atoms with van der Waals surface area (Å²) >= 11 is 1.59.